The first-order valence-electron chi connectivity index (χ1n) is 6.58. The van der Waals surface area contributed by atoms with Gasteiger partial charge in [0.1, 0.15) is 5.82 Å². The second-order valence-electron chi connectivity index (χ2n) is 5.12. The fraction of sp³-hybridized carbons (Fsp3) is 0.250. The summed E-state index contributed by atoms with van der Waals surface area (Å²) < 4.78 is 14.8. The molecule has 2 N–H and O–H groups in total. The Bertz CT molecular complexity index is 672. The molecule has 1 aliphatic rings. The first-order chi connectivity index (χ1) is 9.58. The molecule has 0 radical (unpaired) electrons. The normalized spacial score (nSPS) is 15.2. The lowest BCUT2D eigenvalue weighted by atomic mass is 9.96. The van der Waals surface area contributed by atoms with Crippen LogP contribution in [0.15, 0.2) is 34.8 Å². The van der Waals surface area contributed by atoms with Crippen LogP contribution in [0.3, 0.4) is 0 Å². The van der Waals surface area contributed by atoms with Crippen molar-refractivity contribution < 1.29 is 4.39 Å². The lowest BCUT2D eigenvalue weighted by molar-refractivity contribution is 0.599. The number of fused-ring (bicyclic) bond motifs is 1. The first-order valence-corrected chi connectivity index (χ1v) is 7.75. The number of halogens is 3. The third kappa shape index (κ3) is 2.39. The SMILES string of the molecule is NC(c1ccc2c(c1)CCC2)c1ccc(Br)c(Cl)c1F. The van der Waals surface area contributed by atoms with Crippen molar-refractivity contribution in [2.45, 2.75) is 25.3 Å². The van der Waals surface area contributed by atoms with Crippen LogP contribution >= 0.6 is 27.5 Å². The molecule has 0 bridgehead atoms. The molecule has 1 aliphatic carbocycles. The van der Waals surface area contributed by atoms with Crippen LogP contribution in [-0.4, -0.2) is 0 Å². The average Bonchev–Trinajstić information content (AvgIpc) is 2.91. The molecule has 20 heavy (non-hydrogen) atoms. The summed E-state index contributed by atoms with van der Waals surface area (Å²) >= 11 is 9.14. The van der Waals surface area contributed by atoms with E-state index in [1.807, 2.05) is 6.07 Å². The molecule has 0 aliphatic heterocycles. The van der Waals surface area contributed by atoms with Crippen molar-refractivity contribution >= 4 is 27.5 Å². The second-order valence-corrected chi connectivity index (χ2v) is 6.36. The van der Waals surface area contributed by atoms with E-state index < -0.39 is 11.9 Å². The maximum Gasteiger partial charge on any atom is 0.148 e. The molecule has 0 fully saturated rings. The Morgan fingerprint density at radius 2 is 1.90 bits per heavy atom. The number of hydrogen-bond donors (Lipinski definition) is 1. The van der Waals surface area contributed by atoms with Crippen LogP contribution in [0.2, 0.25) is 5.02 Å². The van der Waals surface area contributed by atoms with E-state index in [9.17, 15) is 4.39 Å². The third-order valence-corrected chi connectivity index (χ3v) is 5.14. The number of aryl methyl sites for hydroxylation is 2. The second kappa shape index (κ2) is 5.47. The summed E-state index contributed by atoms with van der Waals surface area (Å²) in [7, 11) is 0. The molecule has 0 spiro atoms. The number of hydrogen-bond acceptors (Lipinski definition) is 1. The van der Waals surface area contributed by atoms with Crippen LogP contribution < -0.4 is 5.73 Å². The minimum Gasteiger partial charge on any atom is -0.320 e. The lowest BCUT2D eigenvalue weighted by Gasteiger charge is -2.16. The van der Waals surface area contributed by atoms with Crippen LogP contribution in [0, 0.1) is 5.82 Å². The van der Waals surface area contributed by atoms with Crippen LogP contribution in [0.4, 0.5) is 4.39 Å². The Morgan fingerprint density at radius 1 is 1.15 bits per heavy atom. The molecule has 0 amide bonds. The van der Waals surface area contributed by atoms with E-state index in [0.717, 1.165) is 18.4 Å². The van der Waals surface area contributed by atoms with E-state index in [-0.39, 0.29) is 5.02 Å². The van der Waals surface area contributed by atoms with Crippen LogP contribution in [0.25, 0.3) is 0 Å². The zero-order valence-corrected chi connectivity index (χ0v) is 13.1. The van der Waals surface area contributed by atoms with Gasteiger partial charge in [0.25, 0.3) is 0 Å². The highest BCUT2D eigenvalue weighted by Gasteiger charge is 2.19. The van der Waals surface area contributed by atoms with Crippen molar-refractivity contribution in [3.05, 3.63) is 67.9 Å². The average molecular weight is 355 g/mol. The summed E-state index contributed by atoms with van der Waals surface area (Å²) in [4.78, 5) is 0. The Morgan fingerprint density at radius 3 is 2.70 bits per heavy atom. The number of benzene rings is 2. The van der Waals surface area contributed by atoms with E-state index in [1.54, 1.807) is 12.1 Å². The number of nitrogens with two attached hydrogens (primary N) is 1. The fourth-order valence-corrected chi connectivity index (χ4v) is 3.22. The quantitative estimate of drug-likeness (QED) is 0.772. The molecule has 104 valence electrons. The highest BCUT2D eigenvalue weighted by Crippen LogP contribution is 2.33. The Balaban J connectivity index is 2.00. The van der Waals surface area contributed by atoms with E-state index >= 15 is 0 Å². The zero-order valence-electron chi connectivity index (χ0n) is 10.8. The summed E-state index contributed by atoms with van der Waals surface area (Å²) in [5.74, 6) is -0.450. The molecule has 1 atom stereocenters. The molecule has 2 aromatic rings. The van der Waals surface area contributed by atoms with Gasteiger partial charge in [-0.1, -0.05) is 35.9 Å². The number of rotatable bonds is 2. The molecule has 0 saturated carbocycles. The minimum atomic E-state index is -0.494. The van der Waals surface area contributed by atoms with Gasteiger partial charge in [0.15, 0.2) is 0 Å². The van der Waals surface area contributed by atoms with Crippen molar-refractivity contribution in [1.82, 2.24) is 0 Å². The molecular formula is C16H14BrClFN. The molecule has 1 nitrogen and oxygen atoms in total. The summed E-state index contributed by atoms with van der Waals surface area (Å²) in [6.07, 6.45) is 3.40. The van der Waals surface area contributed by atoms with Crippen LogP contribution in [0.5, 0.6) is 0 Å². The minimum absolute atomic E-state index is 0.0825. The molecular weight excluding hydrogens is 341 g/mol. The van der Waals surface area contributed by atoms with Gasteiger partial charge in [0.05, 0.1) is 11.1 Å². The van der Waals surface area contributed by atoms with Gasteiger partial charge in [-0.3, -0.25) is 0 Å². The summed E-state index contributed by atoms with van der Waals surface area (Å²) in [6.45, 7) is 0. The van der Waals surface area contributed by atoms with Crippen LogP contribution in [-0.2, 0) is 12.8 Å². The maximum absolute atomic E-state index is 14.2. The molecule has 4 heteroatoms. The van der Waals surface area contributed by atoms with Gasteiger partial charge < -0.3 is 5.73 Å². The van der Waals surface area contributed by atoms with Crippen molar-refractivity contribution in [3.63, 3.8) is 0 Å². The molecule has 3 rings (SSSR count). The first kappa shape index (κ1) is 14.1. The molecule has 0 heterocycles. The Kier molecular flexibility index (Phi) is 3.85. The monoisotopic (exact) mass is 353 g/mol. The smallest absolute Gasteiger partial charge is 0.148 e. The maximum atomic E-state index is 14.2. The van der Waals surface area contributed by atoms with Crippen molar-refractivity contribution in [1.29, 1.82) is 0 Å². The largest absolute Gasteiger partial charge is 0.320 e. The van der Waals surface area contributed by atoms with Gasteiger partial charge in [-0.05, 0) is 57.9 Å². The van der Waals surface area contributed by atoms with Gasteiger partial charge in [-0.15, -0.1) is 0 Å². The van der Waals surface area contributed by atoms with E-state index in [2.05, 4.69) is 28.1 Å². The van der Waals surface area contributed by atoms with E-state index in [4.69, 9.17) is 17.3 Å². The van der Waals surface area contributed by atoms with Crippen LogP contribution in [0.1, 0.15) is 34.7 Å². The summed E-state index contributed by atoms with van der Waals surface area (Å²) in [5, 5.41) is 0.0825. The van der Waals surface area contributed by atoms with Gasteiger partial charge in [0, 0.05) is 10.0 Å². The van der Waals surface area contributed by atoms with Gasteiger partial charge in [-0.2, -0.15) is 0 Å². The highest BCUT2D eigenvalue weighted by molar-refractivity contribution is 9.10. The Labute approximate surface area is 131 Å². The molecule has 2 aromatic carbocycles. The lowest BCUT2D eigenvalue weighted by Crippen LogP contribution is -2.14. The zero-order chi connectivity index (χ0) is 14.3. The van der Waals surface area contributed by atoms with Crippen molar-refractivity contribution in [2.24, 2.45) is 5.73 Å². The summed E-state index contributed by atoms with van der Waals surface area (Å²) in [6, 6.07) is 9.12. The molecule has 0 aromatic heterocycles. The highest BCUT2D eigenvalue weighted by atomic mass is 79.9. The summed E-state index contributed by atoms with van der Waals surface area (Å²) in [5.41, 5.74) is 10.3. The predicted molar refractivity (Wildman–Crippen MR) is 83.6 cm³/mol. The predicted octanol–water partition coefficient (Wildman–Crippen LogP) is 4.78. The van der Waals surface area contributed by atoms with E-state index in [0.29, 0.717) is 10.0 Å². The Hall–Kier alpha value is -0.900. The standard InChI is InChI=1S/C16H14BrClFN/c17-13-7-6-12(15(19)14(13)18)16(20)11-5-4-9-2-1-3-10(9)8-11/h4-8,16H,1-3,20H2. The van der Waals surface area contributed by atoms with Crippen molar-refractivity contribution in [2.75, 3.05) is 0 Å². The van der Waals surface area contributed by atoms with Gasteiger partial charge in [-0.25, -0.2) is 4.39 Å². The van der Waals surface area contributed by atoms with Crippen molar-refractivity contribution in [3.8, 4) is 0 Å². The molecule has 1 unspecified atom stereocenters. The van der Waals surface area contributed by atoms with E-state index in [1.165, 1.54) is 17.5 Å². The third-order valence-electron chi connectivity index (χ3n) is 3.88. The fourth-order valence-electron chi connectivity index (χ4n) is 2.75. The molecule has 0 saturated heterocycles. The van der Waals surface area contributed by atoms with Gasteiger partial charge in [0.2, 0.25) is 0 Å². The topological polar surface area (TPSA) is 26.0 Å². The van der Waals surface area contributed by atoms with Gasteiger partial charge >= 0.3 is 0 Å².